The van der Waals surface area contributed by atoms with Crippen LogP contribution in [-0.2, 0) is 12.6 Å². The monoisotopic (exact) mass is 267 g/mol. The maximum atomic E-state index is 12.4. The van der Waals surface area contributed by atoms with Gasteiger partial charge in [-0.25, -0.2) is 0 Å². The van der Waals surface area contributed by atoms with Gasteiger partial charge in [0.15, 0.2) is 0 Å². The fraction of sp³-hybridized carbons (Fsp3) is 0.143. The molecule has 5 heteroatoms. The Labute approximate surface area is 108 Å². The summed E-state index contributed by atoms with van der Waals surface area (Å²) in [7, 11) is 0. The number of halogens is 3. The van der Waals surface area contributed by atoms with E-state index in [9.17, 15) is 18.3 Å². The Morgan fingerprint density at radius 3 is 2.16 bits per heavy atom. The molecule has 2 rings (SSSR count). The van der Waals surface area contributed by atoms with Crippen molar-refractivity contribution in [3.63, 3.8) is 0 Å². The first-order chi connectivity index (χ1) is 8.86. The molecule has 0 atom stereocenters. The molecule has 19 heavy (non-hydrogen) atoms. The summed E-state index contributed by atoms with van der Waals surface area (Å²) in [5.41, 5.74) is 6.96. The zero-order valence-corrected chi connectivity index (χ0v) is 9.91. The van der Waals surface area contributed by atoms with Gasteiger partial charge in [-0.05, 0) is 35.7 Å². The van der Waals surface area contributed by atoms with Crippen LogP contribution in [-0.4, -0.2) is 5.11 Å². The topological polar surface area (TPSA) is 46.2 Å². The van der Waals surface area contributed by atoms with Gasteiger partial charge in [-0.1, -0.05) is 18.2 Å². The second-order valence-corrected chi connectivity index (χ2v) is 4.25. The number of phenolic OH excluding ortho intramolecular Hbond substituents is 1. The van der Waals surface area contributed by atoms with Gasteiger partial charge in [0.1, 0.15) is 5.75 Å². The van der Waals surface area contributed by atoms with Crippen LogP contribution in [0.15, 0.2) is 42.5 Å². The third-order valence-corrected chi connectivity index (χ3v) is 2.81. The zero-order valence-electron chi connectivity index (χ0n) is 9.91. The molecule has 0 aliphatic rings. The van der Waals surface area contributed by atoms with Crippen LogP contribution in [0.3, 0.4) is 0 Å². The van der Waals surface area contributed by atoms with E-state index >= 15 is 0 Å². The number of phenols is 1. The minimum atomic E-state index is -4.32. The summed E-state index contributed by atoms with van der Waals surface area (Å²) in [6.07, 6.45) is -3.90. The number of rotatable bonds is 2. The fourth-order valence-electron chi connectivity index (χ4n) is 1.77. The van der Waals surface area contributed by atoms with Gasteiger partial charge in [-0.15, -0.1) is 0 Å². The van der Waals surface area contributed by atoms with Crippen molar-refractivity contribution < 1.29 is 18.3 Å². The predicted molar refractivity (Wildman–Crippen MR) is 66.8 cm³/mol. The van der Waals surface area contributed by atoms with E-state index in [1.807, 2.05) is 0 Å². The lowest BCUT2D eigenvalue weighted by atomic mass is 10.0. The van der Waals surface area contributed by atoms with Crippen molar-refractivity contribution >= 4 is 5.69 Å². The standard InChI is InChI=1S/C14H12F3NO/c15-14(16,17)11-4-1-9(2-5-11)7-10-3-6-12(19)8-13(10)18/h1-6,8,19H,7,18H2. The molecule has 0 unspecified atom stereocenters. The van der Waals surface area contributed by atoms with Gasteiger partial charge in [0, 0.05) is 11.8 Å². The maximum Gasteiger partial charge on any atom is 0.416 e. The Morgan fingerprint density at radius 1 is 1.00 bits per heavy atom. The molecule has 3 N–H and O–H groups in total. The molecule has 0 amide bonds. The molecule has 0 bridgehead atoms. The predicted octanol–water partition coefficient (Wildman–Crippen LogP) is 3.58. The number of hydrogen-bond donors (Lipinski definition) is 2. The second kappa shape index (κ2) is 4.84. The molecular weight excluding hydrogens is 255 g/mol. The summed E-state index contributed by atoms with van der Waals surface area (Å²) in [6, 6.07) is 9.51. The lowest BCUT2D eigenvalue weighted by molar-refractivity contribution is -0.137. The Kier molecular flexibility index (Phi) is 3.38. The van der Waals surface area contributed by atoms with Crippen molar-refractivity contribution in [1.29, 1.82) is 0 Å². The number of benzene rings is 2. The van der Waals surface area contributed by atoms with Gasteiger partial charge in [-0.2, -0.15) is 13.2 Å². The van der Waals surface area contributed by atoms with Crippen LogP contribution in [0.2, 0.25) is 0 Å². The second-order valence-electron chi connectivity index (χ2n) is 4.25. The number of hydrogen-bond acceptors (Lipinski definition) is 2. The first-order valence-corrected chi connectivity index (χ1v) is 5.60. The Balaban J connectivity index is 2.20. The van der Waals surface area contributed by atoms with Crippen LogP contribution in [0.25, 0.3) is 0 Å². The highest BCUT2D eigenvalue weighted by atomic mass is 19.4. The SMILES string of the molecule is Nc1cc(O)ccc1Cc1ccc(C(F)(F)F)cc1. The van der Waals surface area contributed by atoms with Gasteiger partial charge < -0.3 is 10.8 Å². The van der Waals surface area contributed by atoms with Crippen LogP contribution in [0, 0.1) is 0 Å². The lowest BCUT2D eigenvalue weighted by Crippen LogP contribution is -2.04. The van der Waals surface area contributed by atoms with Crippen molar-refractivity contribution in [3.8, 4) is 5.75 Å². The molecule has 2 aromatic rings. The highest BCUT2D eigenvalue weighted by molar-refractivity contribution is 5.52. The Morgan fingerprint density at radius 2 is 1.63 bits per heavy atom. The summed E-state index contributed by atoms with van der Waals surface area (Å²) >= 11 is 0. The van der Waals surface area contributed by atoms with Crippen molar-refractivity contribution in [3.05, 3.63) is 59.2 Å². The molecule has 0 spiro atoms. The van der Waals surface area contributed by atoms with Crippen molar-refractivity contribution in [2.45, 2.75) is 12.6 Å². The molecule has 0 radical (unpaired) electrons. The number of anilines is 1. The Hall–Kier alpha value is -2.17. The summed E-state index contributed by atoms with van der Waals surface area (Å²) in [4.78, 5) is 0. The zero-order chi connectivity index (χ0) is 14.0. The molecule has 100 valence electrons. The molecule has 0 saturated carbocycles. The van der Waals surface area contributed by atoms with Crippen molar-refractivity contribution in [2.24, 2.45) is 0 Å². The van der Waals surface area contributed by atoms with E-state index in [0.29, 0.717) is 12.1 Å². The van der Waals surface area contributed by atoms with E-state index in [4.69, 9.17) is 5.73 Å². The van der Waals surface area contributed by atoms with E-state index in [0.717, 1.165) is 23.3 Å². The van der Waals surface area contributed by atoms with Crippen LogP contribution in [0.4, 0.5) is 18.9 Å². The van der Waals surface area contributed by atoms with Gasteiger partial charge in [0.2, 0.25) is 0 Å². The largest absolute Gasteiger partial charge is 0.508 e. The molecule has 0 saturated heterocycles. The molecule has 0 aromatic heterocycles. The third-order valence-electron chi connectivity index (χ3n) is 2.81. The first kappa shape index (κ1) is 13.3. The molecular formula is C14H12F3NO. The van der Waals surface area contributed by atoms with E-state index in [-0.39, 0.29) is 5.75 Å². The smallest absolute Gasteiger partial charge is 0.416 e. The van der Waals surface area contributed by atoms with Gasteiger partial charge in [0.05, 0.1) is 5.56 Å². The lowest BCUT2D eigenvalue weighted by Gasteiger charge is -2.09. The number of nitrogen functional groups attached to an aromatic ring is 1. The van der Waals surface area contributed by atoms with Gasteiger partial charge in [0.25, 0.3) is 0 Å². The fourth-order valence-corrected chi connectivity index (χ4v) is 1.77. The number of nitrogens with two attached hydrogens (primary N) is 1. The molecule has 0 aliphatic carbocycles. The maximum absolute atomic E-state index is 12.4. The molecule has 0 aliphatic heterocycles. The summed E-state index contributed by atoms with van der Waals surface area (Å²) in [5, 5.41) is 9.22. The molecule has 0 heterocycles. The number of alkyl halides is 3. The van der Waals surface area contributed by atoms with E-state index in [1.165, 1.54) is 24.3 Å². The summed E-state index contributed by atoms with van der Waals surface area (Å²) in [6.45, 7) is 0. The minimum absolute atomic E-state index is 0.0636. The average molecular weight is 267 g/mol. The number of aromatic hydroxyl groups is 1. The molecule has 2 aromatic carbocycles. The highest BCUT2D eigenvalue weighted by Crippen LogP contribution is 2.29. The molecule has 0 fully saturated rings. The van der Waals surface area contributed by atoms with Crippen LogP contribution >= 0.6 is 0 Å². The third kappa shape index (κ3) is 3.19. The van der Waals surface area contributed by atoms with Crippen molar-refractivity contribution in [1.82, 2.24) is 0 Å². The first-order valence-electron chi connectivity index (χ1n) is 5.60. The van der Waals surface area contributed by atoms with E-state index in [2.05, 4.69) is 0 Å². The van der Waals surface area contributed by atoms with Crippen LogP contribution < -0.4 is 5.73 Å². The highest BCUT2D eigenvalue weighted by Gasteiger charge is 2.29. The van der Waals surface area contributed by atoms with Gasteiger partial charge in [-0.3, -0.25) is 0 Å². The van der Waals surface area contributed by atoms with Crippen molar-refractivity contribution in [2.75, 3.05) is 5.73 Å². The van der Waals surface area contributed by atoms with E-state index < -0.39 is 11.7 Å². The quantitative estimate of drug-likeness (QED) is 0.817. The van der Waals surface area contributed by atoms with E-state index in [1.54, 1.807) is 6.07 Å². The summed E-state index contributed by atoms with van der Waals surface area (Å²) < 4.78 is 37.2. The normalized spacial score (nSPS) is 11.5. The average Bonchev–Trinajstić information content (AvgIpc) is 2.32. The van der Waals surface area contributed by atoms with Crippen LogP contribution in [0.5, 0.6) is 5.75 Å². The van der Waals surface area contributed by atoms with Gasteiger partial charge >= 0.3 is 6.18 Å². The minimum Gasteiger partial charge on any atom is -0.508 e. The summed E-state index contributed by atoms with van der Waals surface area (Å²) in [5.74, 6) is 0.0636. The Bertz CT molecular complexity index is 576. The van der Waals surface area contributed by atoms with Crippen LogP contribution in [0.1, 0.15) is 16.7 Å². The molecule has 2 nitrogen and oxygen atoms in total.